The van der Waals surface area contributed by atoms with E-state index >= 15 is 0 Å². The Morgan fingerprint density at radius 2 is 1.38 bits per heavy atom. The summed E-state index contributed by atoms with van der Waals surface area (Å²) in [6, 6.07) is 11.1. The molecular weight excluding hydrogens is 426 g/mol. The molecule has 0 nitrogen and oxygen atoms in total. The molecule has 0 aliphatic carbocycles. The van der Waals surface area contributed by atoms with Gasteiger partial charge in [-0.1, -0.05) is 37.0 Å². The molecule has 0 bridgehead atoms. The van der Waals surface area contributed by atoms with Crippen molar-refractivity contribution in [2.24, 2.45) is 0 Å². The van der Waals surface area contributed by atoms with Crippen molar-refractivity contribution in [1.82, 2.24) is 0 Å². The van der Waals surface area contributed by atoms with Gasteiger partial charge in [-0.2, -0.15) is 0 Å². The predicted molar refractivity (Wildman–Crippen MR) is 111 cm³/mol. The van der Waals surface area contributed by atoms with Gasteiger partial charge < -0.3 is 0 Å². The van der Waals surface area contributed by atoms with E-state index in [0.29, 0.717) is 17.5 Å². The fourth-order valence-electron chi connectivity index (χ4n) is 3.38. The molecule has 4 aromatic carbocycles. The summed E-state index contributed by atoms with van der Waals surface area (Å²) in [5.41, 5.74) is 0.709. The second kappa shape index (κ2) is 8.43. The number of rotatable bonds is 2. The molecule has 6 heteroatoms. The maximum Gasteiger partial charge on any atom is 0.195 e. The van der Waals surface area contributed by atoms with Crippen LogP contribution in [-0.4, -0.2) is 0 Å². The fourth-order valence-corrected chi connectivity index (χ4v) is 3.38. The van der Waals surface area contributed by atoms with Gasteiger partial charge in [-0.25, -0.2) is 26.3 Å². The highest BCUT2D eigenvalue weighted by molar-refractivity contribution is 5.88. The van der Waals surface area contributed by atoms with Gasteiger partial charge in [0.2, 0.25) is 0 Å². The summed E-state index contributed by atoms with van der Waals surface area (Å²) in [7, 11) is 0. The van der Waals surface area contributed by atoms with Gasteiger partial charge in [-0.05, 0) is 59.3 Å². The van der Waals surface area contributed by atoms with E-state index in [9.17, 15) is 26.3 Å². The van der Waals surface area contributed by atoms with Crippen molar-refractivity contribution in [2.45, 2.75) is 13.3 Å². The summed E-state index contributed by atoms with van der Waals surface area (Å²) in [4.78, 5) is 0. The van der Waals surface area contributed by atoms with Gasteiger partial charge in [-0.3, -0.25) is 0 Å². The van der Waals surface area contributed by atoms with E-state index in [-0.39, 0.29) is 21.9 Å². The average Bonchev–Trinajstić information content (AvgIpc) is 2.76. The predicted octanol–water partition coefficient (Wildman–Crippen LogP) is 7.30. The van der Waals surface area contributed by atoms with Crippen LogP contribution in [0.15, 0.2) is 54.6 Å². The van der Waals surface area contributed by atoms with Crippen LogP contribution in [0, 0.1) is 46.7 Å². The molecule has 0 aliphatic heterocycles. The lowest BCUT2D eigenvalue weighted by molar-refractivity contribution is 0.453. The molecule has 0 aromatic heterocycles. The highest BCUT2D eigenvalue weighted by Crippen LogP contribution is 2.30. The molecule has 4 aromatic rings. The SMILES string of the molecule is CCc1cc(F)c(C#Cc2ccc(-c3ccc4c(F)c(F)c(F)cc4c3)c(F)c2)c(F)c1. The molecule has 32 heavy (non-hydrogen) atoms. The molecule has 0 heterocycles. The molecule has 0 atom stereocenters. The van der Waals surface area contributed by atoms with Crippen molar-refractivity contribution < 1.29 is 26.3 Å². The Balaban J connectivity index is 1.70. The third kappa shape index (κ3) is 3.94. The van der Waals surface area contributed by atoms with Crippen LogP contribution in [0.5, 0.6) is 0 Å². The van der Waals surface area contributed by atoms with Crippen LogP contribution in [0.1, 0.15) is 23.6 Å². The van der Waals surface area contributed by atoms with Crippen LogP contribution in [0.4, 0.5) is 26.3 Å². The first kappa shape index (κ1) is 21.5. The summed E-state index contributed by atoms with van der Waals surface area (Å²) in [5, 5.41) is -0.0580. The minimum Gasteiger partial charge on any atom is -0.206 e. The van der Waals surface area contributed by atoms with E-state index in [2.05, 4.69) is 11.8 Å². The summed E-state index contributed by atoms with van der Waals surface area (Å²) in [6.45, 7) is 1.77. The maximum absolute atomic E-state index is 14.7. The smallest absolute Gasteiger partial charge is 0.195 e. The minimum absolute atomic E-state index is 0.0728. The number of hydrogen-bond acceptors (Lipinski definition) is 0. The molecular formula is C26H14F6. The number of hydrogen-bond donors (Lipinski definition) is 0. The van der Waals surface area contributed by atoms with Gasteiger partial charge in [0.05, 0.1) is 5.56 Å². The van der Waals surface area contributed by atoms with Gasteiger partial charge in [0.1, 0.15) is 17.5 Å². The van der Waals surface area contributed by atoms with E-state index in [1.807, 2.05) is 0 Å². The Kier molecular flexibility index (Phi) is 5.67. The molecule has 0 fully saturated rings. The largest absolute Gasteiger partial charge is 0.206 e. The van der Waals surface area contributed by atoms with Crippen LogP contribution in [-0.2, 0) is 6.42 Å². The zero-order valence-corrected chi connectivity index (χ0v) is 16.7. The van der Waals surface area contributed by atoms with E-state index < -0.39 is 40.5 Å². The van der Waals surface area contributed by atoms with Crippen molar-refractivity contribution in [1.29, 1.82) is 0 Å². The van der Waals surface area contributed by atoms with Gasteiger partial charge in [0.15, 0.2) is 17.5 Å². The van der Waals surface area contributed by atoms with Crippen molar-refractivity contribution >= 4 is 10.8 Å². The standard InChI is InChI=1S/C26H14F6/c1-2-14-9-22(28)20(23(29)10-14)7-4-15-3-6-18(21(27)11-15)16-5-8-19-17(12-16)13-24(30)26(32)25(19)31/h3,5-6,8-13H,2H2,1H3. The van der Waals surface area contributed by atoms with Crippen molar-refractivity contribution in [3.8, 4) is 23.0 Å². The van der Waals surface area contributed by atoms with Gasteiger partial charge in [-0.15, -0.1) is 0 Å². The fraction of sp³-hybridized carbons (Fsp3) is 0.0769. The van der Waals surface area contributed by atoms with E-state index in [0.717, 1.165) is 12.1 Å². The Morgan fingerprint density at radius 3 is 2.03 bits per heavy atom. The topological polar surface area (TPSA) is 0 Å². The maximum atomic E-state index is 14.7. The van der Waals surface area contributed by atoms with Crippen molar-refractivity contribution in [2.75, 3.05) is 0 Å². The molecule has 0 aliphatic rings. The van der Waals surface area contributed by atoms with E-state index in [1.54, 1.807) is 6.92 Å². The highest BCUT2D eigenvalue weighted by Gasteiger charge is 2.15. The Morgan fingerprint density at radius 1 is 0.656 bits per heavy atom. The Hall–Kier alpha value is -3.72. The third-order valence-electron chi connectivity index (χ3n) is 5.09. The second-order valence-corrected chi connectivity index (χ2v) is 7.15. The lowest BCUT2D eigenvalue weighted by atomic mass is 9.99. The van der Waals surface area contributed by atoms with Crippen LogP contribution in [0.2, 0.25) is 0 Å². The molecule has 160 valence electrons. The summed E-state index contributed by atoms with van der Waals surface area (Å²) in [5.74, 6) is -1.58. The van der Waals surface area contributed by atoms with Gasteiger partial charge in [0.25, 0.3) is 0 Å². The zero-order chi connectivity index (χ0) is 23.0. The van der Waals surface area contributed by atoms with E-state index in [1.165, 1.54) is 42.5 Å². The van der Waals surface area contributed by atoms with Crippen LogP contribution < -0.4 is 0 Å². The van der Waals surface area contributed by atoms with Crippen LogP contribution >= 0.6 is 0 Å². The average molecular weight is 440 g/mol. The first-order valence-electron chi connectivity index (χ1n) is 9.65. The third-order valence-corrected chi connectivity index (χ3v) is 5.09. The van der Waals surface area contributed by atoms with Crippen molar-refractivity contribution in [3.05, 3.63) is 106 Å². The van der Waals surface area contributed by atoms with Crippen LogP contribution in [0.25, 0.3) is 21.9 Å². The molecule has 0 saturated heterocycles. The number of aryl methyl sites for hydroxylation is 1. The Labute approximate surface area is 180 Å². The number of halogens is 6. The summed E-state index contributed by atoms with van der Waals surface area (Å²) in [6.07, 6.45) is 0.469. The normalized spacial score (nSPS) is 10.8. The van der Waals surface area contributed by atoms with Crippen molar-refractivity contribution in [3.63, 3.8) is 0 Å². The van der Waals surface area contributed by atoms with Gasteiger partial charge in [0, 0.05) is 16.5 Å². The van der Waals surface area contributed by atoms with Gasteiger partial charge >= 0.3 is 0 Å². The molecule has 0 unspecified atom stereocenters. The molecule has 0 amide bonds. The lowest BCUT2D eigenvalue weighted by Gasteiger charge is -2.08. The molecule has 0 saturated carbocycles. The molecule has 0 spiro atoms. The lowest BCUT2D eigenvalue weighted by Crippen LogP contribution is -1.94. The quantitative estimate of drug-likeness (QED) is 0.174. The zero-order valence-electron chi connectivity index (χ0n) is 16.7. The number of fused-ring (bicyclic) bond motifs is 1. The van der Waals surface area contributed by atoms with Crippen LogP contribution in [0.3, 0.4) is 0 Å². The second-order valence-electron chi connectivity index (χ2n) is 7.15. The first-order chi connectivity index (χ1) is 15.3. The number of benzene rings is 4. The first-order valence-corrected chi connectivity index (χ1v) is 9.65. The summed E-state index contributed by atoms with van der Waals surface area (Å²) < 4.78 is 83.7. The highest BCUT2D eigenvalue weighted by atomic mass is 19.2. The monoisotopic (exact) mass is 440 g/mol. The molecule has 0 N–H and O–H groups in total. The minimum atomic E-state index is -1.57. The Bertz CT molecular complexity index is 1400. The molecule has 4 rings (SSSR count). The van der Waals surface area contributed by atoms with E-state index in [4.69, 9.17) is 0 Å². The molecule has 0 radical (unpaired) electrons. The summed E-state index contributed by atoms with van der Waals surface area (Å²) >= 11 is 0.